The Morgan fingerprint density at radius 2 is 2.12 bits per heavy atom. The summed E-state index contributed by atoms with van der Waals surface area (Å²) >= 11 is 0. The predicted octanol–water partition coefficient (Wildman–Crippen LogP) is 0.411. The molecule has 0 aromatic heterocycles. The van der Waals surface area contributed by atoms with Crippen LogP contribution in [-0.4, -0.2) is 74.0 Å². The number of nitrogens with zero attached hydrogens (tertiary/aromatic N) is 2. The van der Waals surface area contributed by atoms with Gasteiger partial charge in [-0.05, 0) is 33.0 Å². The molecule has 16 heavy (non-hydrogen) atoms. The van der Waals surface area contributed by atoms with Gasteiger partial charge in [0.15, 0.2) is 0 Å². The quantitative estimate of drug-likeness (QED) is 0.671. The Morgan fingerprint density at radius 1 is 1.31 bits per heavy atom. The first kappa shape index (κ1) is 13.9. The van der Waals surface area contributed by atoms with Gasteiger partial charge in [-0.25, -0.2) is 0 Å². The van der Waals surface area contributed by atoms with Crippen molar-refractivity contribution >= 4 is 0 Å². The molecule has 1 aliphatic heterocycles. The number of hydrogen-bond donors (Lipinski definition) is 1. The van der Waals surface area contributed by atoms with Crippen molar-refractivity contribution in [3.63, 3.8) is 0 Å². The molecule has 1 saturated heterocycles. The normalized spacial score (nSPS) is 24.6. The van der Waals surface area contributed by atoms with E-state index in [0.29, 0.717) is 12.6 Å². The minimum atomic E-state index is 0.125. The molecule has 1 atom stereocenters. The number of aliphatic hydroxyl groups excluding tert-OH is 1. The van der Waals surface area contributed by atoms with Gasteiger partial charge in [0.2, 0.25) is 0 Å². The zero-order valence-corrected chi connectivity index (χ0v) is 10.7. The molecule has 1 unspecified atom stereocenters. The van der Waals surface area contributed by atoms with E-state index in [2.05, 4.69) is 23.8 Å². The highest BCUT2D eigenvalue weighted by Crippen LogP contribution is 2.11. The molecule has 1 aliphatic rings. The molecule has 0 spiro atoms. The number of aliphatic hydroxyl groups is 1. The van der Waals surface area contributed by atoms with Crippen molar-refractivity contribution in [1.29, 1.82) is 0 Å². The SMILES string of the molecule is CCC1CN(C)CCCN1CCOCCO. The minimum absolute atomic E-state index is 0.125. The maximum atomic E-state index is 8.64. The van der Waals surface area contributed by atoms with Gasteiger partial charge in [0.05, 0.1) is 19.8 Å². The van der Waals surface area contributed by atoms with Crippen LogP contribution in [0, 0.1) is 0 Å². The molecule has 0 saturated carbocycles. The molecule has 0 aromatic carbocycles. The average molecular weight is 230 g/mol. The summed E-state index contributed by atoms with van der Waals surface area (Å²) in [5.74, 6) is 0. The fourth-order valence-corrected chi connectivity index (χ4v) is 2.32. The molecular formula is C12H26N2O2. The Balaban J connectivity index is 2.30. The summed E-state index contributed by atoms with van der Waals surface area (Å²) in [4.78, 5) is 4.95. The van der Waals surface area contributed by atoms with E-state index in [1.807, 2.05) is 0 Å². The van der Waals surface area contributed by atoms with Gasteiger partial charge in [-0.2, -0.15) is 0 Å². The van der Waals surface area contributed by atoms with Crippen molar-refractivity contribution < 1.29 is 9.84 Å². The monoisotopic (exact) mass is 230 g/mol. The maximum absolute atomic E-state index is 8.64. The van der Waals surface area contributed by atoms with Crippen LogP contribution in [0.2, 0.25) is 0 Å². The Kier molecular flexibility index (Phi) is 6.96. The Bertz CT molecular complexity index is 178. The number of hydrogen-bond acceptors (Lipinski definition) is 4. The first-order valence-electron chi connectivity index (χ1n) is 6.39. The van der Waals surface area contributed by atoms with E-state index in [9.17, 15) is 0 Å². The second-order valence-corrected chi connectivity index (χ2v) is 4.55. The fraction of sp³-hybridized carbons (Fsp3) is 1.00. The van der Waals surface area contributed by atoms with Gasteiger partial charge in [-0.3, -0.25) is 4.90 Å². The van der Waals surface area contributed by atoms with Gasteiger partial charge in [0, 0.05) is 19.1 Å². The van der Waals surface area contributed by atoms with E-state index >= 15 is 0 Å². The van der Waals surface area contributed by atoms with Crippen molar-refractivity contribution in [2.75, 3.05) is 53.0 Å². The summed E-state index contributed by atoms with van der Waals surface area (Å²) < 4.78 is 5.34. The van der Waals surface area contributed by atoms with Crippen LogP contribution in [0.4, 0.5) is 0 Å². The largest absolute Gasteiger partial charge is 0.394 e. The smallest absolute Gasteiger partial charge is 0.0698 e. The van der Waals surface area contributed by atoms with Crippen LogP contribution in [0.3, 0.4) is 0 Å². The zero-order valence-electron chi connectivity index (χ0n) is 10.7. The van der Waals surface area contributed by atoms with Crippen LogP contribution >= 0.6 is 0 Å². The average Bonchev–Trinajstić information content (AvgIpc) is 2.46. The third kappa shape index (κ3) is 4.78. The van der Waals surface area contributed by atoms with Gasteiger partial charge in [-0.1, -0.05) is 6.92 Å². The topological polar surface area (TPSA) is 35.9 Å². The van der Waals surface area contributed by atoms with E-state index in [-0.39, 0.29) is 6.61 Å². The van der Waals surface area contributed by atoms with E-state index in [1.54, 1.807) is 0 Å². The second kappa shape index (κ2) is 8.01. The Morgan fingerprint density at radius 3 is 2.81 bits per heavy atom. The summed E-state index contributed by atoms with van der Waals surface area (Å²) in [6, 6.07) is 0.658. The van der Waals surface area contributed by atoms with Gasteiger partial charge in [0.1, 0.15) is 0 Å². The van der Waals surface area contributed by atoms with Crippen LogP contribution in [0.5, 0.6) is 0 Å². The molecule has 0 radical (unpaired) electrons. The maximum Gasteiger partial charge on any atom is 0.0698 e. The summed E-state index contributed by atoms with van der Waals surface area (Å²) in [5.41, 5.74) is 0. The van der Waals surface area contributed by atoms with Crippen LogP contribution in [-0.2, 0) is 4.74 Å². The first-order valence-corrected chi connectivity index (χ1v) is 6.39. The lowest BCUT2D eigenvalue weighted by Gasteiger charge is -2.29. The van der Waals surface area contributed by atoms with Crippen LogP contribution in [0.15, 0.2) is 0 Å². The Hall–Kier alpha value is -0.160. The highest BCUT2D eigenvalue weighted by molar-refractivity contribution is 4.77. The first-order chi connectivity index (χ1) is 7.77. The molecule has 1 fully saturated rings. The number of likely N-dealkylation sites (N-methyl/N-ethyl adjacent to an activating group) is 1. The second-order valence-electron chi connectivity index (χ2n) is 4.55. The third-order valence-corrected chi connectivity index (χ3v) is 3.25. The summed E-state index contributed by atoms with van der Waals surface area (Å²) in [6.45, 7) is 8.11. The molecular weight excluding hydrogens is 204 g/mol. The lowest BCUT2D eigenvalue weighted by atomic mass is 10.2. The summed E-state index contributed by atoms with van der Waals surface area (Å²) in [5, 5.41) is 8.64. The molecule has 1 N–H and O–H groups in total. The molecule has 0 aliphatic carbocycles. The van der Waals surface area contributed by atoms with E-state index < -0.39 is 0 Å². The van der Waals surface area contributed by atoms with E-state index in [0.717, 1.165) is 19.7 Å². The number of ether oxygens (including phenoxy) is 1. The van der Waals surface area contributed by atoms with Crippen LogP contribution < -0.4 is 0 Å². The molecule has 0 bridgehead atoms. The molecule has 0 aromatic rings. The number of rotatable bonds is 6. The van der Waals surface area contributed by atoms with Gasteiger partial charge >= 0.3 is 0 Å². The van der Waals surface area contributed by atoms with Gasteiger partial charge < -0.3 is 14.7 Å². The molecule has 4 heteroatoms. The fourth-order valence-electron chi connectivity index (χ4n) is 2.32. The third-order valence-electron chi connectivity index (χ3n) is 3.25. The summed E-state index contributed by atoms with van der Waals surface area (Å²) in [7, 11) is 2.20. The minimum Gasteiger partial charge on any atom is -0.394 e. The predicted molar refractivity (Wildman–Crippen MR) is 65.7 cm³/mol. The molecule has 1 rings (SSSR count). The van der Waals surface area contributed by atoms with Crippen molar-refractivity contribution in [2.45, 2.75) is 25.8 Å². The van der Waals surface area contributed by atoms with E-state index in [4.69, 9.17) is 9.84 Å². The van der Waals surface area contributed by atoms with Crippen LogP contribution in [0.1, 0.15) is 19.8 Å². The molecule has 4 nitrogen and oxygen atoms in total. The Labute approximate surface area is 99.2 Å². The highest BCUT2D eigenvalue weighted by atomic mass is 16.5. The molecule has 0 amide bonds. The molecule has 96 valence electrons. The van der Waals surface area contributed by atoms with Crippen molar-refractivity contribution in [2.24, 2.45) is 0 Å². The van der Waals surface area contributed by atoms with Crippen molar-refractivity contribution in [3.05, 3.63) is 0 Å². The van der Waals surface area contributed by atoms with Crippen molar-refractivity contribution in [1.82, 2.24) is 9.80 Å². The lowest BCUT2D eigenvalue weighted by Crippen LogP contribution is -2.41. The zero-order chi connectivity index (χ0) is 11.8. The van der Waals surface area contributed by atoms with Crippen LogP contribution in [0.25, 0.3) is 0 Å². The highest BCUT2D eigenvalue weighted by Gasteiger charge is 2.21. The van der Waals surface area contributed by atoms with Crippen molar-refractivity contribution in [3.8, 4) is 0 Å². The lowest BCUT2D eigenvalue weighted by molar-refractivity contribution is 0.0627. The standard InChI is InChI=1S/C12H26N2O2/c1-3-12-11-13(2)5-4-6-14(12)7-9-16-10-8-15/h12,15H,3-11H2,1-2H3. The van der Waals surface area contributed by atoms with Gasteiger partial charge in [0.25, 0.3) is 0 Å². The van der Waals surface area contributed by atoms with E-state index in [1.165, 1.54) is 25.9 Å². The summed E-state index contributed by atoms with van der Waals surface area (Å²) in [6.07, 6.45) is 2.44. The molecule has 1 heterocycles. The van der Waals surface area contributed by atoms with Gasteiger partial charge in [-0.15, -0.1) is 0 Å².